The van der Waals surface area contributed by atoms with E-state index in [1.165, 1.54) is 25.7 Å². The zero-order chi connectivity index (χ0) is 12.6. The summed E-state index contributed by atoms with van der Waals surface area (Å²) in [5.74, 6) is 1.25. The molecule has 2 N–H and O–H groups in total. The maximum atomic E-state index is 12.5. The van der Waals surface area contributed by atoms with Gasteiger partial charge in [0.15, 0.2) is 0 Å². The second-order valence-corrected chi connectivity index (χ2v) is 6.78. The second-order valence-electron chi connectivity index (χ2n) is 6.78. The molecule has 0 radical (unpaired) electrons. The monoisotopic (exact) mass is 250 g/mol. The summed E-state index contributed by atoms with van der Waals surface area (Å²) < 4.78 is 0. The molecular formula is C15H26N2O. The van der Waals surface area contributed by atoms with E-state index in [4.69, 9.17) is 0 Å². The van der Waals surface area contributed by atoms with Crippen LogP contribution in [-0.4, -0.2) is 25.5 Å². The Morgan fingerprint density at radius 2 is 2.11 bits per heavy atom. The van der Waals surface area contributed by atoms with Gasteiger partial charge >= 0.3 is 0 Å². The Hall–Kier alpha value is -0.570. The highest BCUT2D eigenvalue weighted by Gasteiger charge is 2.54. The fraction of sp³-hybridized carbons (Fsp3) is 0.933. The summed E-state index contributed by atoms with van der Waals surface area (Å²) in [6.07, 6.45) is 8.64. The lowest BCUT2D eigenvalue weighted by molar-refractivity contribution is -0.130. The van der Waals surface area contributed by atoms with Gasteiger partial charge in [0.25, 0.3) is 0 Å². The molecule has 3 rings (SSSR count). The van der Waals surface area contributed by atoms with E-state index in [-0.39, 0.29) is 5.41 Å². The summed E-state index contributed by atoms with van der Waals surface area (Å²) in [6.45, 7) is 5.01. The first kappa shape index (κ1) is 12.5. The molecule has 1 atom stereocenters. The number of rotatable bonds is 6. The average Bonchev–Trinajstić information content (AvgIpc) is 3.26. The first-order chi connectivity index (χ1) is 8.71. The maximum absolute atomic E-state index is 12.5. The van der Waals surface area contributed by atoms with Crippen molar-refractivity contribution in [2.75, 3.05) is 19.6 Å². The zero-order valence-electron chi connectivity index (χ0n) is 11.6. The largest absolute Gasteiger partial charge is 0.355 e. The van der Waals surface area contributed by atoms with Crippen LogP contribution in [0.2, 0.25) is 0 Å². The quantitative estimate of drug-likeness (QED) is 0.758. The van der Waals surface area contributed by atoms with Gasteiger partial charge in [0.05, 0.1) is 5.41 Å². The van der Waals surface area contributed by atoms with Crippen molar-refractivity contribution in [3.05, 3.63) is 0 Å². The van der Waals surface area contributed by atoms with E-state index < -0.39 is 0 Å². The molecule has 1 unspecified atom stereocenters. The van der Waals surface area contributed by atoms with Gasteiger partial charge in [0.1, 0.15) is 0 Å². The highest BCUT2D eigenvalue weighted by atomic mass is 16.2. The highest BCUT2D eigenvalue weighted by Crippen LogP contribution is 2.60. The van der Waals surface area contributed by atoms with Crippen LogP contribution in [0.3, 0.4) is 0 Å². The van der Waals surface area contributed by atoms with E-state index in [1.54, 1.807) is 0 Å². The second kappa shape index (κ2) is 4.52. The minimum absolute atomic E-state index is 0.103. The van der Waals surface area contributed by atoms with Crippen LogP contribution in [0, 0.1) is 16.7 Å². The van der Waals surface area contributed by atoms with Crippen molar-refractivity contribution in [3.63, 3.8) is 0 Å². The van der Waals surface area contributed by atoms with Crippen molar-refractivity contribution in [2.24, 2.45) is 16.7 Å². The number of carbonyl (C=O) groups excluding carboxylic acids is 1. The molecule has 0 spiro atoms. The molecule has 102 valence electrons. The van der Waals surface area contributed by atoms with E-state index in [0.717, 1.165) is 44.8 Å². The number of carbonyl (C=O) groups is 1. The van der Waals surface area contributed by atoms with Crippen molar-refractivity contribution >= 4 is 5.91 Å². The van der Waals surface area contributed by atoms with Gasteiger partial charge in [-0.1, -0.05) is 13.3 Å². The highest BCUT2D eigenvalue weighted by molar-refractivity contribution is 5.83. The Morgan fingerprint density at radius 1 is 1.33 bits per heavy atom. The summed E-state index contributed by atoms with van der Waals surface area (Å²) in [5.41, 5.74) is 0.420. The molecule has 3 fully saturated rings. The lowest BCUT2D eigenvalue weighted by Crippen LogP contribution is -2.44. The maximum Gasteiger partial charge on any atom is 0.227 e. The van der Waals surface area contributed by atoms with Gasteiger partial charge in [-0.25, -0.2) is 0 Å². The van der Waals surface area contributed by atoms with Gasteiger partial charge in [-0.2, -0.15) is 0 Å². The van der Waals surface area contributed by atoms with Gasteiger partial charge in [-0.05, 0) is 56.4 Å². The molecule has 0 aromatic rings. The summed E-state index contributed by atoms with van der Waals surface area (Å²) in [7, 11) is 0. The molecule has 2 saturated carbocycles. The summed E-state index contributed by atoms with van der Waals surface area (Å²) in [5, 5.41) is 6.66. The standard InChI is InChI=1S/C15H26N2O/c1-2-5-15(8-9-16-10-15)13(18)17-11-14(6-7-14)12-3-4-12/h12,16H,2-11H2,1H3,(H,17,18). The molecule has 3 aliphatic rings. The van der Waals surface area contributed by atoms with Crippen molar-refractivity contribution in [2.45, 2.75) is 51.9 Å². The summed E-state index contributed by atoms with van der Waals surface area (Å²) in [4.78, 5) is 12.5. The summed E-state index contributed by atoms with van der Waals surface area (Å²) >= 11 is 0. The van der Waals surface area contributed by atoms with Crippen LogP contribution < -0.4 is 10.6 Å². The number of amides is 1. The Balaban J connectivity index is 1.56. The predicted molar refractivity (Wildman–Crippen MR) is 72.2 cm³/mol. The lowest BCUT2D eigenvalue weighted by Gasteiger charge is -2.28. The van der Waals surface area contributed by atoms with Crippen molar-refractivity contribution in [3.8, 4) is 0 Å². The fourth-order valence-corrected chi connectivity index (χ4v) is 3.77. The normalized spacial score (nSPS) is 33.4. The zero-order valence-corrected chi connectivity index (χ0v) is 11.6. The Bertz CT molecular complexity index is 325. The Morgan fingerprint density at radius 3 is 2.61 bits per heavy atom. The molecule has 0 bridgehead atoms. The fourth-order valence-electron chi connectivity index (χ4n) is 3.77. The van der Waals surface area contributed by atoms with E-state index >= 15 is 0 Å². The summed E-state index contributed by atoms with van der Waals surface area (Å²) in [6, 6.07) is 0. The van der Waals surface area contributed by atoms with Crippen molar-refractivity contribution in [1.82, 2.24) is 10.6 Å². The number of nitrogens with one attached hydrogen (secondary N) is 2. The molecule has 3 nitrogen and oxygen atoms in total. The SMILES string of the molecule is CCCC1(C(=O)NCC2(C3CC3)CC2)CCNC1. The van der Waals surface area contributed by atoms with Crippen LogP contribution >= 0.6 is 0 Å². The number of hydrogen-bond acceptors (Lipinski definition) is 2. The minimum Gasteiger partial charge on any atom is -0.355 e. The molecule has 3 heteroatoms. The van der Waals surface area contributed by atoms with Crippen molar-refractivity contribution < 1.29 is 4.79 Å². The predicted octanol–water partition coefficient (Wildman–Crippen LogP) is 2.07. The van der Waals surface area contributed by atoms with Crippen LogP contribution in [0.1, 0.15) is 51.9 Å². The van der Waals surface area contributed by atoms with Gasteiger partial charge in [-0.3, -0.25) is 4.79 Å². The van der Waals surface area contributed by atoms with Crippen LogP contribution in [-0.2, 0) is 4.79 Å². The van der Waals surface area contributed by atoms with E-state index in [1.807, 2.05) is 0 Å². The van der Waals surface area contributed by atoms with E-state index in [0.29, 0.717) is 11.3 Å². The van der Waals surface area contributed by atoms with E-state index in [9.17, 15) is 4.79 Å². The third kappa shape index (κ3) is 2.18. The van der Waals surface area contributed by atoms with Crippen LogP contribution in [0.25, 0.3) is 0 Å². The lowest BCUT2D eigenvalue weighted by atomic mass is 9.81. The van der Waals surface area contributed by atoms with Gasteiger partial charge < -0.3 is 10.6 Å². The molecule has 18 heavy (non-hydrogen) atoms. The van der Waals surface area contributed by atoms with Crippen molar-refractivity contribution in [1.29, 1.82) is 0 Å². The van der Waals surface area contributed by atoms with E-state index in [2.05, 4.69) is 17.6 Å². The minimum atomic E-state index is -0.103. The third-order valence-electron chi connectivity index (χ3n) is 5.39. The molecular weight excluding hydrogens is 224 g/mol. The Labute approximate surface area is 110 Å². The van der Waals surface area contributed by atoms with Gasteiger partial charge in [0, 0.05) is 13.1 Å². The molecule has 1 amide bonds. The molecule has 1 heterocycles. The molecule has 0 aromatic heterocycles. The average molecular weight is 250 g/mol. The van der Waals surface area contributed by atoms with Crippen LogP contribution in [0.15, 0.2) is 0 Å². The van der Waals surface area contributed by atoms with Crippen LogP contribution in [0.4, 0.5) is 0 Å². The molecule has 0 aromatic carbocycles. The first-order valence-electron chi connectivity index (χ1n) is 7.70. The van der Waals surface area contributed by atoms with Gasteiger partial charge in [0.2, 0.25) is 5.91 Å². The van der Waals surface area contributed by atoms with Crippen LogP contribution in [0.5, 0.6) is 0 Å². The van der Waals surface area contributed by atoms with Gasteiger partial charge in [-0.15, -0.1) is 0 Å². The molecule has 1 saturated heterocycles. The molecule has 1 aliphatic heterocycles. The topological polar surface area (TPSA) is 41.1 Å². The molecule has 2 aliphatic carbocycles. The number of hydrogen-bond donors (Lipinski definition) is 2. The third-order valence-corrected chi connectivity index (χ3v) is 5.39. The Kier molecular flexibility index (Phi) is 3.13. The smallest absolute Gasteiger partial charge is 0.227 e. The first-order valence-corrected chi connectivity index (χ1v) is 7.70.